The number of esters is 1. The first-order valence-corrected chi connectivity index (χ1v) is 10.4. The van der Waals surface area contributed by atoms with Crippen LogP contribution in [0.5, 0.6) is 0 Å². The number of halogens is 6. The topological polar surface area (TPSA) is 119 Å². The fourth-order valence-electron chi connectivity index (χ4n) is 3.06. The third-order valence-electron chi connectivity index (χ3n) is 4.41. The zero-order valence-electron chi connectivity index (χ0n) is 18.6. The van der Waals surface area contributed by atoms with Crippen molar-refractivity contribution in [2.75, 3.05) is 6.61 Å². The molecule has 0 aromatic rings. The molecule has 2 N–H and O–H groups in total. The van der Waals surface area contributed by atoms with Crippen molar-refractivity contribution in [3.05, 3.63) is 11.1 Å². The number of hydrogen-bond acceptors (Lipinski definition) is 6. The first-order valence-electron chi connectivity index (χ1n) is 10.4. The largest absolute Gasteiger partial charge is 0.522 e. The van der Waals surface area contributed by atoms with Gasteiger partial charge in [0.2, 0.25) is 0 Å². The van der Waals surface area contributed by atoms with Crippen molar-refractivity contribution in [1.82, 2.24) is 0 Å². The van der Waals surface area contributed by atoms with Gasteiger partial charge < -0.3 is 14.9 Å². The molecule has 0 aliphatic rings. The van der Waals surface area contributed by atoms with Crippen LogP contribution in [0.3, 0.4) is 0 Å². The van der Waals surface area contributed by atoms with Crippen LogP contribution in [0, 0.1) is 0 Å². The molecule has 0 saturated heterocycles. The van der Waals surface area contributed by atoms with Gasteiger partial charge in [0.25, 0.3) is 0 Å². The lowest BCUT2D eigenvalue weighted by molar-refractivity contribution is -0.345. The number of ether oxygens (including phenoxy) is 3. The maximum atomic E-state index is 12.6. The van der Waals surface area contributed by atoms with E-state index in [1.807, 2.05) is 0 Å². The highest BCUT2D eigenvalue weighted by Gasteiger charge is 2.35. The first-order chi connectivity index (χ1) is 15.6. The summed E-state index contributed by atoms with van der Waals surface area (Å²) < 4.78 is 87.6. The summed E-state index contributed by atoms with van der Waals surface area (Å²) in [6.07, 6.45) is -14.8. The lowest BCUT2D eigenvalue weighted by Gasteiger charge is -2.20. The van der Waals surface area contributed by atoms with Gasteiger partial charge in [-0.15, -0.1) is 26.3 Å². The van der Waals surface area contributed by atoms with Crippen LogP contribution in [0.4, 0.5) is 26.3 Å². The van der Waals surface area contributed by atoms with Gasteiger partial charge in [-0.2, -0.15) is 0 Å². The molecule has 0 aromatic carbocycles. The van der Waals surface area contributed by atoms with E-state index in [1.54, 1.807) is 13.8 Å². The van der Waals surface area contributed by atoms with Crippen molar-refractivity contribution in [2.24, 2.45) is 0 Å². The van der Waals surface area contributed by atoms with Gasteiger partial charge in [0.15, 0.2) is 0 Å². The number of rotatable bonds is 16. The molecule has 2 unspecified atom stereocenters. The molecular formula is C20H28F6O8. The minimum atomic E-state index is -4.98. The molecule has 34 heavy (non-hydrogen) atoms. The van der Waals surface area contributed by atoms with E-state index in [4.69, 9.17) is 9.84 Å². The molecule has 14 heteroatoms. The summed E-state index contributed by atoms with van der Waals surface area (Å²) in [7, 11) is 0. The standard InChI is InChI=1S/C20H28F6O8/c1-3-5-12(33-19(21,22)23)7-8-14(17(29)30)15(11-16(27)28)18(31)32-10-9-13(6-4-2)34-20(24,25)26/h12-13H,3-11H2,1-2H3,(H,27,28)(H,29,30). The molecule has 0 spiro atoms. The number of carboxylic acid groups (broad SMARTS) is 2. The maximum Gasteiger partial charge on any atom is 0.522 e. The van der Waals surface area contributed by atoms with Crippen molar-refractivity contribution >= 4 is 17.9 Å². The Morgan fingerprint density at radius 3 is 1.62 bits per heavy atom. The van der Waals surface area contributed by atoms with Crippen LogP contribution >= 0.6 is 0 Å². The van der Waals surface area contributed by atoms with E-state index in [2.05, 4.69) is 9.47 Å². The van der Waals surface area contributed by atoms with Crippen molar-refractivity contribution in [2.45, 2.75) is 90.1 Å². The van der Waals surface area contributed by atoms with Crippen LogP contribution in [-0.4, -0.2) is 59.7 Å². The molecule has 0 aliphatic carbocycles. The number of carbonyl (C=O) groups excluding carboxylic acids is 1. The first kappa shape index (κ1) is 31.6. The third-order valence-corrected chi connectivity index (χ3v) is 4.41. The van der Waals surface area contributed by atoms with Gasteiger partial charge in [-0.3, -0.25) is 14.3 Å². The second-order valence-electron chi connectivity index (χ2n) is 7.24. The van der Waals surface area contributed by atoms with E-state index >= 15 is 0 Å². The van der Waals surface area contributed by atoms with Gasteiger partial charge in [-0.05, 0) is 25.7 Å². The number of carbonyl (C=O) groups is 3. The van der Waals surface area contributed by atoms with E-state index < -0.39 is 86.3 Å². The Morgan fingerprint density at radius 1 is 0.765 bits per heavy atom. The molecule has 0 heterocycles. The Kier molecular flexibility index (Phi) is 13.8. The summed E-state index contributed by atoms with van der Waals surface area (Å²) in [5, 5.41) is 18.5. The highest BCUT2D eigenvalue weighted by atomic mass is 19.4. The van der Waals surface area contributed by atoms with Gasteiger partial charge in [0.1, 0.15) is 0 Å². The second kappa shape index (κ2) is 14.8. The molecule has 0 bridgehead atoms. The predicted octanol–water partition coefficient (Wildman–Crippen LogP) is 4.97. The fourth-order valence-corrected chi connectivity index (χ4v) is 3.06. The molecule has 0 aromatic heterocycles. The van der Waals surface area contributed by atoms with Crippen LogP contribution < -0.4 is 0 Å². The van der Waals surface area contributed by atoms with E-state index in [0.717, 1.165) is 0 Å². The molecule has 0 aliphatic heterocycles. The minimum Gasteiger partial charge on any atom is -0.481 e. The normalized spacial score (nSPS) is 14.8. The molecule has 0 rings (SSSR count). The Hall–Kier alpha value is -2.35. The van der Waals surface area contributed by atoms with Crippen LogP contribution in [-0.2, 0) is 28.6 Å². The summed E-state index contributed by atoms with van der Waals surface area (Å²) in [6.45, 7) is 2.54. The SMILES string of the molecule is CCCC(CCOC(=O)C(CC(=O)O)=C(CCC(CCC)OC(F)(F)F)C(=O)O)OC(F)(F)F. The molecule has 0 saturated carbocycles. The quantitative estimate of drug-likeness (QED) is 0.170. The van der Waals surface area contributed by atoms with Crippen LogP contribution in [0.1, 0.15) is 65.2 Å². The van der Waals surface area contributed by atoms with Crippen molar-refractivity contribution in [1.29, 1.82) is 0 Å². The zero-order chi connectivity index (χ0) is 26.5. The highest BCUT2D eigenvalue weighted by Crippen LogP contribution is 2.27. The Balaban J connectivity index is 5.53. The van der Waals surface area contributed by atoms with Gasteiger partial charge in [-0.1, -0.05) is 26.7 Å². The zero-order valence-corrected chi connectivity index (χ0v) is 18.6. The van der Waals surface area contributed by atoms with E-state index in [-0.39, 0.29) is 19.3 Å². The van der Waals surface area contributed by atoms with E-state index in [9.17, 15) is 45.8 Å². The van der Waals surface area contributed by atoms with E-state index in [1.165, 1.54) is 0 Å². The average Bonchev–Trinajstić information content (AvgIpc) is 2.64. The Morgan fingerprint density at radius 2 is 1.24 bits per heavy atom. The summed E-state index contributed by atoms with van der Waals surface area (Å²) in [4.78, 5) is 35.1. The fraction of sp³-hybridized carbons (Fsp3) is 0.750. The van der Waals surface area contributed by atoms with Gasteiger partial charge in [0.05, 0.1) is 30.8 Å². The molecule has 198 valence electrons. The van der Waals surface area contributed by atoms with Crippen LogP contribution in [0.2, 0.25) is 0 Å². The van der Waals surface area contributed by atoms with Gasteiger partial charge in [0, 0.05) is 12.0 Å². The molecular weight excluding hydrogens is 482 g/mol. The summed E-state index contributed by atoms with van der Waals surface area (Å²) in [5.41, 5.74) is -1.61. The molecule has 0 amide bonds. The lowest BCUT2D eigenvalue weighted by Crippen LogP contribution is -2.26. The number of hydrogen-bond donors (Lipinski definition) is 2. The predicted molar refractivity (Wildman–Crippen MR) is 103 cm³/mol. The average molecular weight is 510 g/mol. The number of carboxylic acids is 2. The Bertz CT molecular complexity index is 702. The smallest absolute Gasteiger partial charge is 0.481 e. The van der Waals surface area contributed by atoms with Gasteiger partial charge >= 0.3 is 30.6 Å². The highest BCUT2D eigenvalue weighted by molar-refractivity contribution is 6.02. The monoisotopic (exact) mass is 510 g/mol. The van der Waals surface area contributed by atoms with E-state index in [0.29, 0.717) is 6.42 Å². The Labute approximate surface area is 191 Å². The second-order valence-corrected chi connectivity index (χ2v) is 7.24. The third kappa shape index (κ3) is 14.7. The molecule has 0 fully saturated rings. The van der Waals surface area contributed by atoms with Gasteiger partial charge in [-0.25, -0.2) is 9.59 Å². The van der Waals surface area contributed by atoms with Crippen molar-refractivity contribution < 1.29 is 65.1 Å². The number of alkyl halides is 6. The van der Waals surface area contributed by atoms with Crippen LogP contribution in [0.25, 0.3) is 0 Å². The molecule has 8 nitrogen and oxygen atoms in total. The molecule has 2 atom stereocenters. The van der Waals surface area contributed by atoms with Crippen molar-refractivity contribution in [3.8, 4) is 0 Å². The maximum absolute atomic E-state index is 12.6. The van der Waals surface area contributed by atoms with Crippen LogP contribution in [0.15, 0.2) is 11.1 Å². The minimum absolute atomic E-state index is 0.0206. The number of aliphatic carboxylic acids is 2. The summed E-state index contributed by atoms with van der Waals surface area (Å²) >= 11 is 0. The van der Waals surface area contributed by atoms with Crippen molar-refractivity contribution in [3.63, 3.8) is 0 Å². The molecule has 0 radical (unpaired) electrons. The lowest BCUT2D eigenvalue weighted by atomic mass is 9.97. The summed E-state index contributed by atoms with van der Waals surface area (Å²) in [6, 6.07) is 0. The summed E-state index contributed by atoms with van der Waals surface area (Å²) in [5.74, 6) is -4.78.